The molecule has 8 heteroatoms. The highest BCUT2D eigenvalue weighted by Crippen LogP contribution is 2.32. The average molecular weight is 317 g/mol. The Balaban J connectivity index is 2.34. The Hall–Kier alpha value is -1.80. The summed E-state index contributed by atoms with van der Waals surface area (Å²) in [6.45, 7) is 0. The summed E-state index contributed by atoms with van der Waals surface area (Å²) in [5.74, 6) is 3.88. The zero-order chi connectivity index (χ0) is 13.1. The lowest BCUT2D eigenvalue weighted by Crippen LogP contribution is -2.10. The molecule has 18 heavy (non-hydrogen) atoms. The van der Waals surface area contributed by atoms with Gasteiger partial charge < -0.3 is 10.2 Å². The van der Waals surface area contributed by atoms with Gasteiger partial charge in [-0.2, -0.15) is 0 Å². The topological polar surface area (TPSA) is 73.1 Å². The molecule has 5 nitrogen and oxygen atoms in total. The second kappa shape index (κ2) is 5.23. The lowest BCUT2D eigenvalue weighted by Gasteiger charge is -2.09. The summed E-state index contributed by atoms with van der Waals surface area (Å²) in [6, 6.07) is 2.96. The molecular formula is C10H7BrF2N4O. The summed E-state index contributed by atoms with van der Waals surface area (Å²) in [7, 11) is 0. The van der Waals surface area contributed by atoms with Gasteiger partial charge in [0.2, 0.25) is 5.88 Å². The normalized spacial score (nSPS) is 10.2. The summed E-state index contributed by atoms with van der Waals surface area (Å²) < 4.78 is 31.6. The van der Waals surface area contributed by atoms with E-state index in [9.17, 15) is 8.78 Å². The van der Waals surface area contributed by atoms with Gasteiger partial charge in [0.1, 0.15) is 16.6 Å². The largest absolute Gasteiger partial charge is 0.435 e. The van der Waals surface area contributed by atoms with Gasteiger partial charge in [0, 0.05) is 6.07 Å². The molecule has 94 valence electrons. The van der Waals surface area contributed by atoms with E-state index in [1.165, 1.54) is 6.33 Å². The minimum Gasteiger partial charge on any atom is -0.435 e. The summed E-state index contributed by atoms with van der Waals surface area (Å²) in [5, 5.41) is 0. The molecule has 0 aliphatic carbocycles. The van der Waals surface area contributed by atoms with Crippen LogP contribution in [0.2, 0.25) is 0 Å². The molecule has 0 aliphatic rings. The molecule has 0 fully saturated rings. The monoisotopic (exact) mass is 316 g/mol. The van der Waals surface area contributed by atoms with Crippen molar-refractivity contribution in [3.63, 3.8) is 0 Å². The highest BCUT2D eigenvalue weighted by Gasteiger charge is 2.12. The molecular weight excluding hydrogens is 310 g/mol. The molecule has 0 bridgehead atoms. The summed E-state index contributed by atoms with van der Waals surface area (Å²) in [6.07, 6.45) is 1.19. The number of hydrazine groups is 1. The van der Waals surface area contributed by atoms with Crippen LogP contribution in [0.15, 0.2) is 29.0 Å². The molecule has 0 unspecified atom stereocenters. The Kier molecular flexibility index (Phi) is 3.68. The van der Waals surface area contributed by atoms with Crippen molar-refractivity contribution in [2.75, 3.05) is 5.43 Å². The van der Waals surface area contributed by atoms with Gasteiger partial charge in [-0.05, 0) is 28.1 Å². The van der Waals surface area contributed by atoms with Crippen LogP contribution in [-0.2, 0) is 0 Å². The fourth-order valence-corrected chi connectivity index (χ4v) is 1.59. The van der Waals surface area contributed by atoms with Crippen molar-refractivity contribution in [1.29, 1.82) is 0 Å². The molecule has 1 aromatic carbocycles. The van der Waals surface area contributed by atoms with Crippen LogP contribution in [0.25, 0.3) is 0 Å². The fourth-order valence-electron chi connectivity index (χ4n) is 1.19. The number of nitrogens with one attached hydrogen (secondary N) is 1. The van der Waals surface area contributed by atoms with Crippen LogP contribution in [0, 0.1) is 11.6 Å². The SMILES string of the molecule is NNc1ncnc(Oc2ccc(F)cc2F)c1Br. The number of rotatable bonds is 3. The average Bonchev–Trinajstić information content (AvgIpc) is 2.35. The molecule has 2 rings (SSSR count). The lowest BCUT2D eigenvalue weighted by molar-refractivity contribution is 0.420. The van der Waals surface area contributed by atoms with Crippen LogP contribution in [0.4, 0.5) is 14.6 Å². The molecule has 0 spiro atoms. The highest BCUT2D eigenvalue weighted by molar-refractivity contribution is 9.10. The van der Waals surface area contributed by atoms with Crippen molar-refractivity contribution in [1.82, 2.24) is 9.97 Å². The van der Waals surface area contributed by atoms with Gasteiger partial charge in [0.05, 0.1) is 0 Å². The molecule has 0 amide bonds. The molecule has 2 aromatic rings. The number of ether oxygens (including phenoxy) is 1. The second-order valence-electron chi connectivity index (χ2n) is 3.16. The number of anilines is 1. The fraction of sp³-hybridized carbons (Fsp3) is 0. The Bertz CT molecular complexity index is 582. The van der Waals surface area contributed by atoms with Crippen molar-refractivity contribution >= 4 is 21.7 Å². The predicted molar refractivity (Wildman–Crippen MR) is 64.0 cm³/mol. The van der Waals surface area contributed by atoms with Crippen molar-refractivity contribution in [3.05, 3.63) is 40.6 Å². The maximum Gasteiger partial charge on any atom is 0.239 e. The number of halogens is 3. The summed E-state index contributed by atoms with van der Waals surface area (Å²) >= 11 is 3.15. The van der Waals surface area contributed by atoms with E-state index in [4.69, 9.17) is 10.6 Å². The Morgan fingerprint density at radius 2 is 2.06 bits per heavy atom. The van der Waals surface area contributed by atoms with Gasteiger partial charge in [0.15, 0.2) is 17.4 Å². The highest BCUT2D eigenvalue weighted by atomic mass is 79.9. The van der Waals surface area contributed by atoms with Crippen LogP contribution >= 0.6 is 15.9 Å². The smallest absolute Gasteiger partial charge is 0.239 e. The van der Waals surface area contributed by atoms with Crippen molar-refractivity contribution < 1.29 is 13.5 Å². The third-order valence-corrected chi connectivity index (χ3v) is 2.71. The van der Waals surface area contributed by atoms with Crippen LogP contribution in [-0.4, -0.2) is 9.97 Å². The third kappa shape index (κ3) is 2.54. The van der Waals surface area contributed by atoms with Crippen LogP contribution in [0.1, 0.15) is 0 Å². The third-order valence-electron chi connectivity index (χ3n) is 1.99. The first-order valence-electron chi connectivity index (χ1n) is 4.72. The first-order chi connectivity index (χ1) is 8.61. The van der Waals surface area contributed by atoms with Gasteiger partial charge in [-0.3, -0.25) is 0 Å². The number of hydrogen-bond acceptors (Lipinski definition) is 5. The van der Waals surface area contributed by atoms with Crippen LogP contribution in [0.3, 0.4) is 0 Å². The molecule has 1 aromatic heterocycles. The van der Waals surface area contributed by atoms with Gasteiger partial charge in [-0.1, -0.05) is 0 Å². The van der Waals surface area contributed by atoms with E-state index in [-0.39, 0.29) is 17.4 Å². The molecule has 0 atom stereocenters. The van der Waals surface area contributed by atoms with Crippen LogP contribution < -0.4 is 16.0 Å². The summed E-state index contributed by atoms with van der Waals surface area (Å²) in [4.78, 5) is 7.62. The maximum atomic E-state index is 13.4. The first-order valence-corrected chi connectivity index (χ1v) is 5.51. The van der Waals surface area contributed by atoms with Crippen molar-refractivity contribution in [2.24, 2.45) is 5.84 Å². The lowest BCUT2D eigenvalue weighted by atomic mass is 10.3. The number of hydrogen-bond donors (Lipinski definition) is 2. The van der Waals surface area contributed by atoms with E-state index in [1.807, 2.05) is 0 Å². The quantitative estimate of drug-likeness (QED) is 0.672. The van der Waals surface area contributed by atoms with E-state index in [0.717, 1.165) is 12.1 Å². The maximum absolute atomic E-state index is 13.4. The van der Waals surface area contributed by atoms with Gasteiger partial charge in [0.25, 0.3) is 0 Å². The van der Waals surface area contributed by atoms with E-state index in [1.54, 1.807) is 0 Å². The standard InChI is InChI=1S/C10H7BrF2N4O/c11-8-9(17-14)15-4-16-10(8)18-7-2-1-5(12)3-6(7)13/h1-4H,14H2,(H,15,16,17). The number of nitrogens with zero attached hydrogens (tertiary/aromatic N) is 2. The number of aromatic nitrogens is 2. The van der Waals surface area contributed by atoms with Crippen molar-refractivity contribution in [2.45, 2.75) is 0 Å². The Labute approximate surface area is 109 Å². The molecule has 1 heterocycles. The minimum absolute atomic E-state index is 0.0588. The Morgan fingerprint density at radius 3 is 2.72 bits per heavy atom. The Morgan fingerprint density at radius 1 is 1.28 bits per heavy atom. The predicted octanol–water partition coefficient (Wildman–Crippen LogP) is 2.60. The van der Waals surface area contributed by atoms with E-state index in [0.29, 0.717) is 10.5 Å². The molecule has 3 N–H and O–H groups in total. The second-order valence-corrected chi connectivity index (χ2v) is 3.96. The molecule has 0 radical (unpaired) electrons. The van der Waals surface area contributed by atoms with E-state index in [2.05, 4.69) is 31.3 Å². The molecule has 0 saturated heterocycles. The molecule has 0 saturated carbocycles. The van der Waals surface area contributed by atoms with E-state index >= 15 is 0 Å². The minimum atomic E-state index is -0.831. The number of nitrogens with two attached hydrogens (primary N) is 1. The molecule has 0 aliphatic heterocycles. The van der Waals surface area contributed by atoms with Gasteiger partial charge in [-0.15, -0.1) is 0 Å². The first kappa shape index (κ1) is 12.7. The zero-order valence-corrected chi connectivity index (χ0v) is 10.4. The van der Waals surface area contributed by atoms with E-state index < -0.39 is 11.6 Å². The van der Waals surface area contributed by atoms with Gasteiger partial charge in [-0.25, -0.2) is 24.6 Å². The number of nitrogen functional groups attached to an aromatic ring is 1. The van der Waals surface area contributed by atoms with Gasteiger partial charge >= 0.3 is 0 Å². The number of benzene rings is 1. The van der Waals surface area contributed by atoms with Crippen molar-refractivity contribution in [3.8, 4) is 11.6 Å². The van der Waals surface area contributed by atoms with Crippen LogP contribution in [0.5, 0.6) is 11.6 Å². The zero-order valence-electron chi connectivity index (χ0n) is 8.82. The summed E-state index contributed by atoms with van der Waals surface area (Å²) in [5.41, 5.74) is 2.31.